The van der Waals surface area contributed by atoms with Crippen molar-refractivity contribution in [2.45, 2.75) is 20.8 Å². The number of benzene rings is 2. The van der Waals surface area contributed by atoms with Gasteiger partial charge in [0, 0.05) is 25.0 Å². The second-order valence-electron chi connectivity index (χ2n) is 7.01. The van der Waals surface area contributed by atoms with Crippen molar-refractivity contribution in [2.75, 3.05) is 30.5 Å². The number of hydrogen-bond donors (Lipinski definition) is 1. The molecule has 0 bridgehead atoms. The molecule has 0 spiro atoms. The summed E-state index contributed by atoms with van der Waals surface area (Å²) in [7, 11) is 1.57. The largest absolute Gasteiger partial charge is 0.482 e. The predicted octanol–water partition coefficient (Wildman–Crippen LogP) is 4.53. The second-order valence-corrected chi connectivity index (χ2v) is 8.03. The average molecular weight is 459 g/mol. The van der Waals surface area contributed by atoms with Gasteiger partial charge in [-0.2, -0.15) is 0 Å². The third kappa shape index (κ3) is 4.88. The Morgan fingerprint density at radius 3 is 2.44 bits per heavy atom. The number of esters is 1. The molecule has 0 aliphatic carbocycles. The highest BCUT2D eigenvalue weighted by atomic mass is 32.1. The van der Waals surface area contributed by atoms with Crippen LogP contribution in [-0.4, -0.2) is 38.0 Å². The molecule has 168 valence electrons. The first-order valence-electron chi connectivity index (χ1n) is 9.88. The van der Waals surface area contributed by atoms with Gasteiger partial charge in [0.05, 0.1) is 11.3 Å². The lowest BCUT2D eigenvalue weighted by atomic mass is 10.1. The number of carbonyl (C=O) groups is 3. The lowest BCUT2D eigenvalue weighted by Crippen LogP contribution is -2.31. The molecule has 7 nitrogen and oxygen atoms in total. The Balaban J connectivity index is 1.93. The first kappa shape index (κ1) is 23.2. The molecule has 2 aromatic carbocycles. The number of nitrogens with one attached hydrogen (secondary N) is 1. The molecule has 9 heteroatoms. The third-order valence-electron chi connectivity index (χ3n) is 4.71. The molecule has 0 aliphatic rings. The van der Waals surface area contributed by atoms with E-state index in [4.69, 9.17) is 9.47 Å². The molecule has 3 aromatic rings. The Hall–Kier alpha value is -3.46. The number of halogens is 1. The van der Waals surface area contributed by atoms with Crippen molar-refractivity contribution in [2.24, 2.45) is 0 Å². The summed E-state index contributed by atoms with van der Waals surface area (Å²) in [4.78, 5) is 38.2. The van der Waals surface area contributed by atoms with E-state index in [1.165, 1.54) is 47.4 Å². The number of likely N-dealkylation sites (N-methyl/N-ethyl adjacent to an activating group) is 1. The molecule has 0 unspecified atom stereocenters. The zero-order valence-corrected chi connectivity index (χ0v) is 19.0. The van der Waals surface area contributed by atoms with E-state index in [0.29, 0.717) is 26.5 Å². The minimum atomic E-state index is -0.551. The number of carbonyl (C=O) groups excluding carboxylic acids is 3. The van der Waals surface area contributed by atoms with Crippen LogP contribution in [0, 0.1) is 12.7 Å². The monoisotopic (exact) mass is 458 g/mol. The Labute approximate surface area is 188 Å². The second kappa shape index (κ2) is 9.78. The van der Waals surface area contributed by atoms with Gasteiger partial charge in [0.2, 0.25) is 5.91 Å². The zero-order chi connectivity index (χ0) is 23.4. The molecule has 3 rings (SSSR count). The summed E-state index contributed by atoms with van der Waals surface area (Å²) in [5.41, 5.74) is 1.55. The highest BCUT2D eigenvalue weighted by Crippen LogP contribution is 2.43. The molecule has 0 saturated carbocycles. The van der Waals surface area contributed by atoms with Gasteiger partial charge in [0.15, 0.2) is 6.61 Å². The number of hydrogen-bond acceptors (Lipinski definition) is 6. The highest BCUT2D eigenvalue weighted by Gasteiger charge is 2.24. The lowest BCUT2D eigenvalue weighted by molar-refractivity contribution is -0.120. The first-order valence-corrected chi connectivity index (χ1v) is 10.7. The molecule has 32 heavy (non-hydrogen) atoms. The van der Waals surface area contributed by atoms with Crippen LogP contribution in [0.4, 0.5) is 15.1 Å². The van der Waals surface area contributed by atoms with Gasteiger partial charge in [-0.25, -0.2) is 9.18 Å². The Bertz CT molecular complexity index is 1170. The van der Waals surface area contributed by atoms with Crippen molar-refractivity contribution in [3.8, 4) is 5.75 Å². The maximum Gasteiger partial charge on any atom is 0.341 e. The molecule has 2 amide bonds. The number of rotatable bonds is 7. The fourth-order valence-corrected chi connectivity index (χ4v) is 4.39. The van der Waals surface area contributed by atoms with E-state index >= 15 is 0 Å². The summed E-state index contributed by atoms with van der Waals surface area (Å²) in [6.45, 7) is 4.80. The van der Waals surface area contributed by atoms with Crippen LogP contribution in [0.2, 0.25) is 0 Å². The summed E-state index contributed by atoms with van der Waals surface area (Å²) in [6.07, 6.45) is 0. The van der Waals surface area contributed by atoms with Gasteiger partial charge in [-0.15, -0.1) is 11.3 Å². The fraction of sp³-hybridized carbons (Fsp3) is 0.261. The Morgan fingerprint density at radius 2 is 1.81 bits per heavy atom. The standard InChI is InChI=1S/C23H23FN2O5S/c1-5-30-23(29)19-17-11-6-13(2)20(21(17)32-22(19)25-14(3)27)31-12-18(28)26(4)16-9-7-15(24)8-10-16/h6-11H,5,12H2,1-4H3,(H,25,27). The summed E-state index contributed by atoms with van der Waals surface area (Å²) < 4.78 is 24.8. The number of ether oxygens (including phenoxy) is 2. The van der Waals surface area contributed by atoms with Crippen molar-refractivity contribution >= 4 is 49.9 Å². The highest BCUT2D eigenvalue weighted by molar-refractivity contribution is 7.24. The molecule has 1 aromatic heterocycles. The van der Waals surface area contributed by atoms with E-state index in [-0.39, 0.29) is 30.6 Å². The Kier molecular flexibility index (Phi) is 7.09. The molecule has 0 fully saturated rings. The van der Waals surface area contributed by atoms with E-state index in [9.17, 15) is 18.8 Å². The number of amides is 2. The number of fused-ring (bicyclic) bond motifs is 1. The summed E-state index contributed by atoms with van der Waals surface area (Å²) >= 11 is 1.18. The normalized spacial score (nSPS) is 10.7. The van der Waals surface area contributed by atoms with E-state index in [2.05, 4.69) is 5.32 Å². The van der Waals surface area contributed by atoms with Gasteiger partial charge in [-0.1, -0.05) is 12.1 Å². The van der Waals surface area contributed by atoms with Crippen LogP contribution < -0.4 is 15.0 Å². The van der Waals surface area contributed by atoms with Gasteiger partial charge in [0.25, 0.3) is 5.91 Å². The number of anilines is 2. The minimum absolute atomic E-state index is 0.190. The van der Waals surface area contributed by atoms with Crippen molar-refractivity contribution in [1.29, 1.82) is 0 Å². The Morgan fingerprint density at radius 1 is 1.12 bits per heavy atom. The van der Waals surface area contributed by atoms with E-state index in [0.717, 1.165) is 5.56 Å². The van der Waals surface area contributed by atoms with E-state index < -0.39 is 11.8 Å². The van der Waals surface area contributed by atoms with Crippen LogP contribution >= 0.6 is 11.3 Å². The van der Waals surface area contributed by atoms with Gasteiger partial charge in [-0.3, -0.25) is 9.59 Å². The third-order valence-corrected chi connectivity index (χ3v) is 5.83. The lowest BCUT2D eigenvalue weighted by Gasteiger charge is -2.18. The minimum Gasteiger partial charge on any atom is -0.482 e. The molecular weight excluding hydrogens is 435 g/mol. The van der Waals surface area contributed by atoms with Gasteiger partial charge >= 0.3 is 5.97 Å². The number of thiophene rings is 1. The van der Waals surface area contributed by atoms with E-state index in [1.54, 1.807) is 26.1 Å². The van der Waals surface area contributed by atoms with Gasteiger partial charge < -0.3 is 19.7 Å². The zero-order valence-electron chi connectivity index (χ0n) is 18.2. The summed E-state index contributed by atoms with van der Waals surface area (Å²) in [5, 5.41) is 3.60. The maximum absolute atomic E-state index is 13.1. The first-order chi connectivity index (χ1) is 15.2. The van der Waals surface area contributed by atoms with Crippen molar-refractivity contribution in [3.63, 3.8) is 0 Å². The van der Waals surface area contributed by atoms with Crippen LogP contribution in [-0.2, 0) is 14.3 Å². The van der Waals surface area contributed by atoms with Crippen LogP contribution in [0.5, 0.6) is 5.75 Å². The quantitative estimate of drug-likeness (QED) is 0.526. The molecule has 0 aliphatic heterocycles. The van der Waals surface area contributed by atoms with E-state index in [1.807, 2.05) is 6.92 Å². The molecule has 0 atom stereocenters. The fourth-order valence-electron chi connectivity index (χ4n) is 3.11. The average Bonchev–Trinajstić information content (AvgIpc) is 3.10. The molecular formula is C23H23FN2O5S. The molecule has 1 heterocycles. The molecule has 0 saturated heterocycles. The summed E-state index contributed by atoms with van der Waals surface area (Å²) in [6, 6.07) is 9.10. The number of nitrogens with zero attached hydrogens (tertiary/aromatic N) is 1. The molecule has 1 N–H and O–H groups in total. The van der Waals surface area contributed by atoms with Crippen LogP contribution in [0.15, 0.2) is 36.4 Å². The predicted molar refractivity (Wildman–Crippen MR) is 122 cm³/mol. The van der Waals surface area contributed by atoms with Crippen LogP contribution in [0.25, 0.3) is 10.1 Å². The smallest absolute Gasteiger partial charge is 0.341 e. The number of aryl methyl sites for hydroxylation is 1. The van der Waals surface area contributed by atoms with Crippen LogP contribution in [0.3, 0.4) is 0 Å². The van der Waals surface area contributed by atoms with Crippen molar-refractivity contribution < 1.29 is 28.2 Å². The van der Waals surface area contributed by atoms with Crippen molar-refractivity contribution in [1.82, 2.24) is 0 Å². The van der Waals surface area contributed by atoms with Gasteiger partial charge in [-0.05, 0) is 43.7 Å². The summed E-state index contributed by atoms with van der Waals surface area (Å²) in [5.74, 6) is -1.16. The topological polar surface area (TPSA) is 84.9 Å². The SMILES string of the molecule is CCOC(=O)c1c(NC(C)=O)sc2c(OCC(=O)N(C)c3ccc(F)cc3)c(C)ccc12. The van der Waals surface area contributed by atoms with Crippen LogP contribution in [0.1, 0.15) is 29.8 Å². The van der Waals surface area contributed by atoms with Gasteiger partial charge in [0.1, 0.15) is 22.1 Å². The maximum atomic E-state index is 13.1. The van der Waals surface area contributed by atoms with Crippen molar-refractivity contribution in [3.05, 3.63) is 53.3 Å². The molecule has 0 radical (unpaired) electrons.